The summed E-state index contributed by atoms with van der Waals surface area (Å²) in [7, 11) is 1.55. The maximum absolute atomic E-state index is 13.5. The lowest BCUT2D eigenvalue weighted by molar-refractivity contribution is -0.138. The summed E-state index contributed by atoms with van der Waals surface area (Å²) in [4.78, 5) is 32.2. The fourth-order valence-electron chi connectivity index (χ4n) is 4.22. The molecule has 1 fully saturated rings. The molecule has 1 N–H and O–H groups in total. The number of halogens is 1. The second kappa shape index (κ2) is 9.50. The maximum Gasteiger partial charge on any atom is 0.278 e. The molecule has 8 heteroatoms. The van der Waals surface area contributed by atoms with Crippen LogP contribution >= 0.6 is 0 Å². The van der Waals surface area contributed by atoms with Crippen molar-refractivity contribution in [3.8, 4) is 5.75 Å². The first-order valence-corrected chi connectivity index (χ1v) is 10.6. The summed E-state index contributed by atoms with van der Waals surface area (Å²) < 4.78 is 18.9. The van der Waals surface area contributed by atoms with Crippen molar-refractivity contribution in [2.24, 2.45) is 0 Å². The Bertz CT molecular complexity index is 1030. The van der Waals surface area contributed by atoms with Gasteiger partial charge in [-0.1, -0.05) is 30.3 Å². The Morgan fingerprint density at radius 1 is 0.969 bits per heavy atom. The van der Waals surface area contributed by atoms with Crippen molar-refractivity contribution in [1.82, 2.24) is 14.7 Å². The molecule has 1 saturated heterocycles. The molecular weight excluding hydrogens is 413 g/mol. The number of hydrogen-bond acceptors (Lipinski definition) is 6. The zero-order valence-electron chi connectivity index (χ0n) is 18.0. The first-order valence-electron chi connectivity index (χ1n) is 10.6. The van der Waals surface area contributed by atoms with E-state index >= 15 is 0 Å². The summed E-state index contributed by atoms with van der Waals surface area (Å²) in [6.07, 6.45) is 0. The predicted molar refractivity (Wildman–Crippen MR) is 117 cm³/mol. The van der Waals surface area contributed by atoms with Crippen LogP contribution in [0.25, 0.3) is 5.57 Å². The van der Waals surface area contributed by atoms with E-state index < -0.39 is 11.7 Å². The third kappa shape index (κ3) is 4.24. The molecule has 0 bridgehead atoms. The lowest BCUT2D eigenvalue weighted by Crippen LogP contribution is -2.48. The summed E-state index contributed by atoms with van der Waals surface area (Å²) >= 11 is 0. The monoisotopic (exact) mass is 439 g/mol. The van der Waals surface area contributed by atoms with Gasteiger partial charge in [0, 0.05) is 38.3 Å². The van der Waals surface area contributed by atoms with Crippen LogP contribution in [0.4, 0.5) is 4.39 Å². The average molecular weight is 439 g/mol. The Labute approximate surface area is 186 Å². The quantitative estimate of drug-likeness (QED) is 0.663. The van der Waals surface area contributed by atoms with Crippen molar-refractivity contribution in [3.63, 3.8) is 0 Å². The molecule has 2 aromatic rings. The highest BCUT2D eigenvalue weighted by molar-refractivity contribution is 6.35. The molecule has 2 amide bonds. The second-order valence-electron chi connectivity index (χ2n) is 7.79. The Kier molecular flexibility index (Phi) is 6.53. The fourth-order valence-corrected chi connectivity index (χ4v) is 4.22. The van der Waals surface area contributed by atoms with Gasteiger partial charge in [0.15, 0.2) is 0 Å². The number of aliphatic hydroxyl groups excluding tert-OH is 1. The standard InChI is InChI=1S/C24H26FN3O4/c1-32-20-5-3-2-4-18(20)16-28-23(30)21(17-6-8-19(25)9-7-17)22(24(28)31)27-12-10-26(11-13-27)14-15-29/h2-9,29H,10-16H2,1H3. The van der Waals surface area contributed by atoms with Gasteiger partial charge in [-0.15, -0.1) is 0 Å². The molecule has 2 heterocycles. The number of carbonyl (C=O) groups excluding carboxylic acids is 2. The van der Waals surface area contributed by atoms with Gasteiger partial charge in [0.25, 0.3) is 11.8 Å². The number of carbonyl (C=O) groups is 2. The third-order valence-electron chi connectivity index (χ3n) is 5.90. The second-order valence-corrected chi connectivity index (χ2v) is 7.79. The zero-order valence-corrected chi connectivity index (χ0v) is 18.0. The molecule has 2 aromatic carbocycles. The average Bonchev–Trinajstić information content (AvgIpc) is 3.05. The molecule has 0 spiro atoms. The number of piperazine rings is 1. The van der Waals surface area contributed by atoms with Gasteiger partial charge in [0.1, 0.15) is 17.3 Å². The topological polar surface area (TPSA) is 73.3 Å². The van der Waals surface area contributed by atoms with E-state index in [2.05, 4.69) is 4.90 Å². The number of aliphatic hydroxyl groups is 1. The van der Waals surface area contributed by atoms with E-state index in [1.165, 1.54) is 29.2 Å². The van der Waals surface area contributed by atoms with E-state index in [0.717, 1.165) is 5.56 Å². The molecule has 0 saturated carbocycles. The molecule has 0 aliphatic carbocycles. The molecule has 168 valence electrons. The number of imide groups is 1. The summed E-state index contributed by atoms with van der Waals surface area (Å²) in [6.45, 7) is 3.20. The Balaban J connectivity index is 1.68. The number of ether oxygens (including phenoxy) is 1. The molecule has 0 radical (unpaired) electrons. The number of nitrogens with zero attached hydrogens (tertiary/aromatic N) is 3. The van der Waals surface area contributed by atoms with Crippen LogP contribution in [-0.4, -0.2) is 78.1 Å². The summed E-state index contributed by atoms with van der Waals surface area (Å²) in [5, 5.41) is 9.19. The largest absolute Gasteiger partial charge is 0.496 e. The zero-order chi connectivity index (χ0) is 22.7. The van der Waals surface area contributed by atoms with Crippen molar-refractivity contribution in [1.29, 1.82) is 0 Å². The molecule has 2 aliphatic heterocycles. The highest BCUT2D eigenvalue weighted by atomic mass is 19.1. The molecule has 7 nitrogen and oxygen atoms in total. The van der Waals surface area contributed by atoms with Gasteiger partial charge >= 0.3 is 0 Å². The van der Waals surface area contributed by atoms with Crippen LogP contribution in [0.1, 0.15) is 11.1 Å². The van der Waals surface area contributed by atoms with Gasteiger partial charge < -0.3 is 14.7 Å². The van der Waals surface area contributed by atoms with Gasteiger partial charge in [0.05, 0.1) is 25.8 Å². The molecule has 0 atom stereocenters. The van der Waals surface area contributed by atoms with Crippen molar-refractivity contribution in [3.05, 3.63) is 71.2 Å². The summed E-state index contributed by atoms with van der Waals surface area (Å²) in [5.41, 5.74) is 1.88. The number of para-hydroxylation sites is 1. The first-order chi connectivity index (χ1) is 15.5. The first kappa shape index (κ1) is 22.0. The SMILES string of the molecule is COc1ccccc1CN1C(=O)C(c2ccc(F)cc2)=C(N2CCN(CCO)CC2)C1=O. The lowest BCUT2D eigenvalue weighted by atomic mass is 10.0. The van der Waals surface area contributed by atoms with Crippen molar-refractivity contribution >= 4 is 17.4 Å². The maximum atomic E-state index is 13.5. The van der Waals surface area contributed by atoms with Crippen LogP contribution in [0.15, 0.2) is 54.2 Å². The minimum Gasteiger partial charge on any atom is -0.496 e. The predicted octanol–water partition coefficient (Wildman–Crippen LogP) is 1.72. The number of hydrogen-bond donors (Lipinski definition) is 1. The number of rotatable bonds is 7. The molecule has 4 rings (SSSR count). The van der Waals surface area contributed by atoms with Crippen molar-refractivity contribution in [2.75, 3.05) is 46.4 Å². The van der Waals surface area contributed by atoms with Crippen LogP contribution in [0.5, 0.6) is 5.75 Å². The van der Waals surface area contributed by atoms with Crippen molar-refractivity contribution in [2.45, 2.75) is 6.54 Å². The van der Waals surface area contributed by atoms with E-state index in [4.69, 9.17) is 4.74 Å². The van der Waals surface area contributed by atoms with E-state index in [1.807, 2.05) is 23.1 Å². The highest BCUT2D eigenvalue weighted by Gasteiger charge is 2.42. The van der Waals surface area contributed by atoms with Gasteiger partial charge in [-0.3, -0.25) is 19.4 Å². The van der Waals surface area contributed by atoms with E-state index in [9.17, 15) is 19.1 Å². The smallest absolute Gasteiger partial charge is 0.278 e. The number of β-amino-alcohol motifs (C(OH)–C–C–N with tert-alkyl or cyclic N) is 1. The van der Waals surface area contributed by atoms with Crippen LogP contribution in [0.2, 0.25) is 0 Å². The normalized spacial score (nSPS) is 17.5. The van der Waals surface area contributed by atoms with Crippen LogP contribution in [0.3, 0.4) is 0 Å². The lowest BCUT2D eigenvalue weighted by Gasteiger charge is -2.36. The minimum atomic E-state index is -0.406. The highest BCUT2D eigenvalue weighted by Crippen LogP contribution is 2.34. The Morgan fingerprint density at radius 3 is 2.31 bits per heavy atom. The molecule has 0 unspecified atom stereocenters. The van der Waals surface area contributed by atoms with Gasteiger partial charge in [-0.05, 0) is 23.8 Å². The number of methoxy groups -OCH3 is 1. The number of amides is 2. The minimum absolute atomic E-state index is 0.0770. The summed E-state index contributed by atoms with van der Waals surface area (Å²) in [5.74, 6) is -0.574. The molecule has 32 heavy (non-hydrogen) atoms. The van der Waals surface area contributed by atoms with Crippen LogP contribution < -0.4 is 4.74 Å². The molecule has 0 aromatic heterocycles. The van der Waals surface area contributed by atoms with Crippen LogP contribution in [0, 0.1) is 5.82 Å². The van der Waals surface area contributed by atoms with E-state index in [0.29, 0.717) is 55.3 Å². The third-order valence-corrected chi connectivity index (χ3v) is 5.90. The summed E-state index contributed by atoms with van der Waals surface area (Å²) in [6, 6.07) is 12.9. The fraction of sp³-hybridized carbons (Fsp3) is 0.333. The van der Waals surface area contributed by atoms with Gasteiger partial charge in [-0.25, -0.2) is 4.39 Å². The van der Waals surface area contributed by atoms with Crippen molar-refractivity contribution < 1.29 is 23.8 Å². The van der Waals surface area contributed by atoms with Crippen LogP contribution in [-0.2, 0) is 16.1 Å². The van der Waals surface area contributed by atoms with Gasteiger partial charge in [-0.2, -0.15) is 0 Å². The molecule has 2 aliphatic rings. The Morgan fingerprint density at radius 2 is 1.66 bits per heavy atom. The molecular formula is C24H26FN3O4. The van der Waals surface area contributed by atoms with E-state index in [1.54, 1.807) is 13.2 Å². The number of benzene rings is 2. The van der Waals surface area contributed by atoms with E-state index in [-0.39, 0.29) is 19.1 Å². The van der Waals surface area contributed by atoms with Gasteiger partial charge in [0.2, 0.25) is 0 Å². The Hall–Kier alpha value is -3.23.